The number of aliphatic hydroxyl groups excluding tert-OH is 1. The Kier molecular flexibility index (Phi) is 6.71. The number of allylic oxidation sites excluding steroid dienone is 4. The zero-order valence-corrected chi connectivity index (χ0v) is 20.7. The van der Waals surface area contributed by atoms with Crippen molar-refractivity contribution in [1.82, 2.24) is 0 Å². The molecule has 3 aliphatic rings. The van der Waals surface area contributed by atoms with Gasteiger partial charge in [0.1, 0.15) is 18.0 Å². The number of Topliss-reactive ketones (excluding diaryl/α,β-unsaturated/α-hetero) is 1. The lowest BCUT2D eigenvalue weighted by atomic mass is 9.85. The highest BCUT2D eigenvalue weighted by atomic mass is 16.5. The number of aromatic hydroxyl groups is 3. The second kappa shape index (κ2) is 9.63. The minimum absolute atomic E-state index is 0.0217. The van der Waals surface area contributed by atoms with Gasteiger partial charge in [-0.2, -0.15) is 0 Å². The van der Waals surface area contributed by atoms with Crippen LogP contribution in [0.25, 0.3) is 5.57 Å². The Morgan fingerprint density at radius 3 is 2.38 bits per heavy atom. The largest absolute Gasteiger partial charge is 0.508 e. The fourth-order valence-electron chi connectivity index (χ4n) is 4.54. The standard InChI is InChI=1S/C16H12O6.C13H16O2/c17-10-2-1-8-13-9-4-12(19)11(18)3-7(9)5-16(13,21)6-22-15(8)14(10)20;1-9(2)4-5-12-8-11(10(3)14)6-7-13(12)15/h1-4,18-21H,5-6H2;4,6-8,15H,5H2,1-3H3. The van der Waals surface area contributed by atoms with Gasteiger partial charge in [-0.15, -0.1) is 0 Å². The van der Waals surface area contributed by atoms with Crippen molar-refractivity contribution in [2.75, 3.05) is 6.61 Å². The molecule has 192 valence electrons. The highest BCUT2D eigenvalue weighted by Crippen LogP contribution is 2.50. The molecule has 2 aromatic rings. The second-order valence-electron chi connectivity index (χ2n) is 9.54. The summed E-state index contributed by atoms with van der Waals surface area (Å²) in [5.41, 5.74) is 3.43. The first-order valence-corrected chi connectivity index (χ1v) is 11.7. The molecular weight excluding hydrogens is 476 g/mol. The summed E-state index contributed by atoms with van der Waals surface area (Å²) in [6, 6.07) is 7.73. The Morgan fingerprint density at radius 2 is 1.70 bits per heavy atom. The van der Waals surface area contributed by atoms with Gasteiger partial charge >= 0.3 is 0 Å². The predicted octanol–water partition coefficient (Wildman–Crippen LogP) is 4.18. The van der Waals surface area contributed by atoms with E-state index in [1.165, 1.54) is 36.8 Å². The zero-order valence-electron chi connectivity index (χ0n) is 20.7. The van der Waals surface area contributed by atoms with Crippen LogP contribution < -0.4 is 0 Å². The van der Waals surface area contributed by atoms with Crippen molar-refractivity contribution in [3.8, 4) is 17.2 Å². The third kappa shape index (κ3) is 4.88. The Hall–Kier alpha value is -4.30. The van der Waals surface area contributed by atoms with E-state index < -0.39 is 17.1 Å². The molecular formula is C29H28O8. The monoisotopic (exact) mass is 504 g/mol. The minimum atomic E-state index is -1.33. The average Bonchev–Trinajstić information content (AvgIpc) is 3.12. The molecule has 0 saturated carbocycles. The molecule has 1 aliphatic heterocycles. The quantitative estimate of drug-likeness (QED) is 0.238. The molecule has 2 aliphatic carbocycles. The van der Waals surface area contributed by atoms with Crippen molar-refractivity contribution in [2.45, 2.75) is 39.2 Å². The van der Waals surface area contributed by atoms with Crippen molar-refractivity contribution in [1.29, 1.82) is 0 Å². The number of hydrogen-bond acceptors (Lipinski definition) is 8. The number of phenolic OH excluding ortho intramolecular Hbond substituents is 3. The maximum atomic E-state index is 11.5. The normalized spacial score (nSPS) is 19.3. The van der Waals surface area contributed by atoms with E-state index in [0.717, 1.165) is 5.56 Å². The summed E-state index contributed by atoms with van der Waals surface area (Å²) in [4.78, 5) is 22.7. The number of ether oxygens (including phenoxy) is 1. The molecule has 5 N–H and O–H groups in total. The van der Waals surface area contributed by atoms with Gasteiger partial charge in [0.2, 0.25) is 11.5 Å². The zero-order chi connectivity index (χ0) is 27.1. The highest BCUT2D eigenvalue weighted by Gasteiger charge is 2.47. The molecule has 5 rings (SSSR count). The summed E-state index contributed by atoms with van der Waals surface area (Å²) >= 11 is 0. The van der Waals surface area contributed by atoms with Crippen LogP contribution >= 0.6 is 0 Å². The number of fused-ring (bicyclic) bond motifs is 4. The Labute approximate surface area is 213 Å². The summed E-state index contributed by atoms with van der Waals surface area (Å²) < 4.78 is 5.40. The SMILES string of the molecule is CC(=O)c1ccc(O)c(CC=C(C)C)c1.O=C1C=CC2=C3c4cc(O)c(O)cc4CC3(O)COC2=C1O. The van der Waals surface area contributed by atoms with E-state index in [0.29, 0.717) is 34.3 Å². The number of ketones is 2. The molecule has 0 bridgehead atoms. The fraction of sp³-hybridized carbons (Fsp3) is 0.241. The molecule has 1 atom stereocenters. The summed E-state index contributed by atoms with van der Waals surface area (Å²) in [6.45, 7) is 5.41. The van der Waals surface area contributed by atoms with Crippen LogP contribution in [0, 0.1) is 0 Å². The van der Waals surface area contributed by atoms with E-state index in [1.54, 1.807) is 18.2 Å². The number of benzene rings is 2. The molecule has 8 heteroatoms. The maximum Gasteiger partial charge on any atom is 0.224 e. The van der Waals surface area contributed by atoms with Gasteiger partial charge < -0.3 is 30.3 Å². The summed E-state index contributed by atoms with van der Waals surface area (Å²) in [5, 5.41) is 49.6. The van der Waals surface area contributed by atoms with Gasteiger partial charge in [0, 0.05) is 23.1 Å². The van der Waals surface area contributed by atoms with Crippen molar-refractivity contribution in [3.63, 3.8) is 0 Å². The molecule has 0 amide bonds. The molecule has 2 aromatic carbocycles. The van der Waals surface area contributed by atoms with Gasteiger partial charge in [-0.3, -0.25) is 9.59 Å². The average molecular weight is 505 g/mol. The molecule has 0 aromatic heterocycles. The number of phenols is 3. The molecule has 0 spiro atoms. The molecule has 37 heavy (non-hydrogen) atoms. The number of hydrogen-bond donors (Lipinski definition) is 5. The first-order chi connectivity index (χ1) is 17.4. The van der Waals surface area contributed by atoms with E-state index in [9.17, 15) is 35.1 Å². The molecule has 8 nitrogen and oxygen atoms in total. The van der Waals surface area contributed by atoms with Crippen LogP contribution in [0.4, 0.5) is 0 Å². The molecule has 1 heterocycles. The van der Waals surface area contributed by atoms with Gasteiger partial charge in [-0.25, -0.2) is 0 Å². The molecule has 0 radical (unpaired) electrons. The molecule has 0 saturated heterocycles. The van der Waals surface area contributed by atoms with Gasteiger partial charge in [0.15, 0.2) is 23.0 Å². The van der Waals surface area contributed by atoms with Gasteiger partial charge in [-0.05, 0) is 86.4 Å². The number of aliphatic hydroxyl groups is 2. The van der Waals surface area contributed by atoms with Crippen LogP contribution in [0.3, 0.4) is 0 Å². The first-order valence-electron chi connectivity index (χ1n) is 11.7. The minimum Gasteiger partial charge on any atom is -0.508 e. The van der Waals surface area contributed by atoms with Crippen LogP contribution in [-0.2, 0) is 22.4 Å². The smallest absolute Gasteiger partial charge is 0.224 e. The van der Waals surface area contributed by atoms with E-state index in [-0.39, 0.29) is 41.8 Å². The van der Waals surface area contributed by atoms with Gasteiger partial charge in [-0.1, -0.05) is 11.6 Å². The summed E-state index contributed by atoms with van der Waals surface area (Å²) in [5.74, 6) is -1.31. The first kappa shape index (κ1) is 25.8. The maximum absolute atomic E-state index is 11.5. The van der Waals surface area contributed by atoms with Crippen LogP contribution in [0.5, 0.6) is 17.2 Å². The third-order valence-electron chi connectivity index (χ3n) is 6.45. The van der Waals surface area contributed by atoms with Gasteiger partial charge in [0.05, 0.1) is 0 Å². The topological polar surface area (TPSA) is 145 Å². The van der Waals surface area contributed by atoms with E-state index in [1.807, 2.05) is 19.9 Å². The Morgan fingerprint density at radius 1 is 1.00 bits per heavy atom. The summed E-state index contributed by atoms with van der Waals surface area (Å²) in [7, 11) is 0. The van der Waals surface area contributed by atoms with Crippen LogP contribution in [0.2, 0.25) is 0 Å². The van der Waals surface area contributed by atoms with E-state index >= 15 is 0 Å². The fourth-order valence-corrected chi connectivity index (χ4v) is 4.54. The van der Waals surface area contributed by atoms with Crippen LogP contribution in [0.15, 0.2) is 71.2 Å². The highest BCUT2D eigenvalue weighted by molar-refractivity contribution is 6.06. The lowest BCUT2D eigenvalue weighted by molar-refractivity contribution is -0.114. The summed E-state index contributed by atoms with van der Waals surface area (Å²) in [6.07, 6.45) is 5.59. The molecule has 1 unspecified atom stereocenters. The van der Waals surface area contributed by atoms with Gasteiger partial charge in [0.25, 0.3) is 0 Å². The Bertz CT molecular complexity index is 1440. The van der Waals surface area contributed by atoms with Crippen molar-refractivity contribution in [3.05, 3.63) is 93.5 Å². The number of rotatable bonds is 3. The lowest BCUT2D eigenvalue weighted by Gasteiger charge is -2.33. The second-order valence-corrected chi connectivity index (χ2v) is 9.54. The number of carbonyl (C=O) groups excluding carboxylic acids is 2. The Balaban J connectivity index is 0.000000188. The molecule has 0 fully saturated rings. The third-order valence-corrected chi connectivity index (χ3v) is 6.45. The van der Waals surface area contributed by atoms with Crippen molar-refractivity contribution >= 4 is 17.1 Å². The number of carbonyl (C=O) groups is 2. The van der Waals surface area contributed by atoms with Crippen LogP contribution in [0.1, 0.15) is 47.8 Å². The van der Waals surface area contributed by atoms with E-state index in [2.05, 4.69) is 0 Å². The van der Waals surface area contributed by atoms with E-state index in [4.69, 9.17) is 4.74 Å². The van der Waals surface area contributed by atoms with Crippen molar-refractivity contribution < 1.29 is 39.9 Å². The predicted molar refractivity (Wildman–Crippen MR) is 136 cm³/mol. The van der Waals surface area contributed by atoms with Crippen molar-refractivity contribution in [2.24, 2.45) is 0 Å². The van der Waals surface area contributed by atoms with Crippen LogP contribution in [-0.4, -0.2) is 49.3 Å². The lowest BCUT2D eigenvalue weighted by Crippen LogP contribution is -2.39.